The molecule has 276 valence electrons. The van der Waals surface area contributed by atoms with Crippen LogP contribution in [0.2, 0.25) is 0 Å². The van der Waals surface area contributed by atoms with Crippen LogP contribution in [0.15, 0.2) is 79.6 Å². The second-order valence-corrected chi connectivity index (χ2v) is 12.7. The molecule has 10 nitrogen and oxygen atoms in total. The Kier molecular flexibility index (Phi) is 19.2. The highest BCUT2D eigenvalue weighted by atomic mass is 16.5. The molecule has 1 atom stereocenters. The summed E-state index contributed by atoms with van der Waals surface area (Å²) in [5, 5.41) is 9.79. The van der Waals surface area contributed by atoms with E-state index in [1.54, 1.807) is 24.3 Å². The molecule has 0 heterocycles. The SMILES string of the molecule is C=CC(=O)OCCCCCCCOC1C=CC(C(=O)Oc2ccc(OC(=C)C3CCC(OCCCCCCOC(=O)C=C)CC3)c(C#N)c2)=CC1. The summed E-state index contributed by atoms with van der Waals surface area (Å²) >= 11 is 0. The van der Waals surface area contributed by atoms with Gasteiger partial charge in [-0.25, -0.2) is 14.4 Å². The largest absolute Gasteiger partial charge is 0.463 e. The summed E-state index contributed by atoms with van der Waals surface area (Å²) in [5.41, 5.74) is 0.692. The summed E-state index contributed by atoms with van der Waals surface area (Å²) in [4.78, 5) is 34.9. The highest BCUT2D eigenvalue weighted by Crippen LogP contribution is 2.34. The maximum atomic E-state index is 12.8. The van der Waals surface area contributed by atoms with Crippen LogP contribution in [0.4, 0.5) is 0 Å². The van der Waals surface area contributed by atoms with Gasteiger partial charge < -0.3 is 28.4 Å². The Bertz CT molecular complexity index is 1410. The lowest BCUT2D eigenvalue weighted by Gasteiger charge is -2.29. The van der Waals surface area contributed by atoms with Crippen molar-refractivity contribution >= 4 is 17.9 Å². The number of benzene rings is 1. The molecule has 10 heteroatoms. The molecule has 0 saturated heterocycles. The first-order chi connectivity index (χ1) is 24.8. The predicted octanol–water partition coefficient (Wildman–Crippen LogP) is 8.17. The minimum Gasteiger partial charge on any atom is -0.463 e. The Morgan fingerprint density at radius 1 is 0.784 bits per heavy atom. The first-order valence-electron chi connectivity index (χ1n) is 18.2. The maximum absolute atomic E-state index is 12.8. The van der Waals surface area contributed by atoms with Crippen molar-refractivity contribution in [3.8, 4) is 17.6 Å². The minimum absolute atomic E-state index is 0.0958. The predicted molar refractivity (Wildman–Crippen MR) is 194 cm³/mol. The normalized spacial score (nSPS) is 18.1. The number of hydrogen-bond acceptors (Lipinski definition) is 10. The maximum Gasteiger partial charge on any atom is 0.343 e. The van der Waals surface area contributed by atoms with Crippen molar-refractivity contribution in [2.45, 2.75) is 102 Å². The van der Waals surface area contributed by atoms with Gasteiger partial charge in [-0.05, 0) is 82.4 Å². The van der Waals surface area contributed by atoms with E-state index >= 15 is 0 Å². The molecule has 0 amide bonds. The lowest BCUT2D eigenvalue weighted by molar-refractivity contribution is -0.138. The van der Waals surface area contributed by atoms with Gasteiger partial charge in [0.05, 0.1) is 36.6 Å². The van der Waals surface area contributed by atoms with Crippen molar-refractivity contribution in [2.24, 2.45) is 5.92 Å². The van der Waals surface area contributed by atoms with E-state index in [4.69, 9.17) is 28.4 Å². The quantitative estimate of drug-likeness (QED) is 0.0342. The van der Waals surface area contributed by atoms with Gasteiger partial charge in [0.1, 0.15) is 23.3 Å². The molecule has 51 heavy (non-hydrogen) atoms. The second kappa shape index (κ2) is 23.9. The van der Waals surface area contributed by atoms with E-state index in [0.29, 0.717) is 49.9 Å². The van der Waals surface area contributed by atoms with E-state index < -0.39 is 5.97 Å². The first kappa shape index (κ1) is 41.0. The molecule has 1 aromatic carbocycles. The number of esters is 3. The van der Waals surface area contributed by atoms with Gasteiger partial charge in [0, 0.05) is 37.4 Å². The minimum atomic E-state index is -0.504. The number of nitrogens with zero attached hydrogens (tertiary/aromatic N) is 1. The van der Waals surface area contributed by atoms with Crippen molar-refractivity contribution < 1.29 is 42.8 Å². The third-order valence-electron chi connectivity index (χ3n) is 8.78. The Morgan fingerprint density at radius 2 is 1.37 bits per heavy atom. The number of rotatable bonds is 24. The molecule has 2 aliphatic rings. The smallest absolute Gasteiger partial charge is 0.343 e. The van der Waals surface area contributed by atoms with E-state index in [1.807, 2.05) is 6.08 Å². The molecule has 0 aliphatic heterocycles. The van der Waals surface area contributed by atoms with E-state index in [1.165, 1.54) is 18.2 Å². The van der Waals surface area contributed by atoms with Crippen LogP contribution >= 0.6 is 0 Å². The standard InChI is InChI=1S/C41H53NO9/c1-4-39(43)48-27-13-8-6-7-11-25-47-36-21-17-33(18-22-36)41(45)51-37-23-24-38(34(29-37)30-42)50-31(3)32-15-19-35(20-16-32)46-26-12-9-10-14-28-49-40(44)5-2/h4-5,17-18,21,23-24,29,32,35-36H,1-3,6-16,19-20,22,25-28H2. The molecule has 1 fully saturated rings. The van der Waals surface area contributed by atoms with Gasteiger partial charge in [0.2, 0.25) is 0 Å². The van der Waals surface area contributed by atoms with Crippen LogP contribution in [-0.4, -0.2) is 56.5 Å². The molecule has 2 aliphatic carbocycles. The van der Waals surface area contributed by atoms with Crippen molar-refractivity contribution in [3.05, 3.63) is 85.2 Å². The number of carbonyl (C=O) groups is 3. The van der Waals surface area contributed by atoms with Crippen LogP contribution < -0.4 is 9.47 Å². The fraction of sp³-hybridized carbons (Fsp3) is 0.512. The van der Waals surface area contributed by atoms with Crippen LogP contribution in [0.1, 0.15) is 95.5 Å². The Hall–Kier alpha value is -4.46. The lowest BCUT2D eigenvalue weighted by Crippen LogP contribution is -2.24. The van der Waals surface area contributed by atoms with Crippen LogP contribution in [-0.2, 0) is 33.3 Å². The summed E-state index contributed by atoms with van der Waals surface area (Å²) in [6.07, 6.45) is 20.7. The topological polar surface area (TPSA) is 130 Å². The van der Waals surface area contributed by atoms with Crippen LogP contribution in [0.25, 0.3) is 0 Å². The average molecular weight is 704 g/mol. The summed E-state index contributed by atoms with van der Waals surface area (Å²) in [6, 6.07) is 6.90. The zero-order valence-corrected chi connectivity index (χ0v) is 29.8. The van der Waals surface area contributed by atoms with E-state index in [9.17, 15) is 19.6 Å². The molecule has 0 aromatic heterocycles. The molecule has 3 rings (SSSR count). The Labute approximate surface area is 302 Å². The van der Waals surface area contributed by atoms with Gasteiger partial charge in [0.15, 0.2) is 0 Å². The molecular weight excluding hydrogens is 650 g/mol. The van der Waals surface area contributed by atoms with Crippen molar-refractivity contribution in [1.29, 1.82) is 5.26 Å². The van der Waals surface area contributed by atoms with Crippen LogP contribution in [0.3, 0.4) is 0 Å². The number of unbranched alkanes of at least 4 members (excludes halogenated alkanes) is 7. The van der Waals surface area contributed by atoms with Crippen LogP contribution in [0, 0.1) is 17.2 Å². The third kappa shape index (κ3) is 16.0. The number of carbonyl (C=O) groups excluding carboxylic acids is 3. The van der Waals surface area contributed by atoms with Crippen molar-refractivity contribution in [3.63, 3.8) is 0 Å². The molecule has 0 radical (unpaired) electrons. The molecular formula is C41H53NO9. The van der Waals surface area contributed by atoms with E-state index in [2.05, 4.69) is 25.8 Å². The molecule has 1 unspecified atom stereocenters. The number of allylic oxidation sites excluding steroid dienone is 1. The zero-order chi connectivity index (χ0) is 36.7. The molecule has 0 spiro atoms. The number of ether oxygens (including phenoxy) is 6. The molecule has 0 bridgehead atoms. The second-order valence-electron chi connectivity index (χ2n) is 12.7. The highest BCUT2D eigenvalue weighted by molar-refractivity contribution is 5.93. The van der Waals surface area contributed by atoms with Crippen molar-refractivity contribution in [1.82, 2.24) is 0 Å². The third-order valence-corrected chi connectivity index (χ3v) is 8.78. The molecule has 0 N–H and O–H groups in total. The Balaban J connectivity index is 1.30. The van der Waals surface area contributed by atoms with Gasteiger partial charge in [-0.3, -0.25) is 0 Å². The van der Waals surface area contributed by atoms with Gasteiger partial charge in [-0.2, -0.15) is 5.26 Å². The summed E-state index contributed by atoms with van der Waals surface area (Å²) < 4.78 is 33.6. The summed E-state index contributed by atoms with van der Waals surface area (Å²) in [7, 11) is 0. The summed E-state index contributed by atoms with van der Waals surface area (Å²) in [6.45, 7) is 13.1. The first-order valence-corrected chi connectivity index (χ1v) is 18.2. The fourth-order valence-corrected chi connectivity index (χ4v) is 5.81. The molecule has 1 aromatic rings. The van der Waals surface area contributed by atoms with Crippen molar-refractivity contribution in [2.75, 3.05) is 26.4 Å². The van der Waals surface area contributed by atoms with E-state index in [-0.39, 0.29) is 41.4 Å². The average Bonchev–Trinajstić information content (AvgIpc) is 3.15. The van der Waals surface area contributed by atoms with E-state index in [0.717, 1.165) is 83.5 Å². The highest BCUT2D eigenvalue weighted by Gasteiger charge is 2.25. The fourth-order valence-electron chi connectivity index (χ4n) is 5.81. The molecule has 1 saturated carbocycles. The Morgan fingerprint density at radius 3 is 1.94 bits per heavy atom. The van der Waals surface area contributed by atoms with Gasteiger partial charge in [-0.1, -0.05) is 57.6 Å². The van der Waals surface area contributed by atoms with Gasteiger partial charge in [0.25, 0.3) is 0 Å². The lowest BCUT2D eigenvalue weighted by atomic mass is 9.86. The number of hydrogen-bond donors (Lipinski definition) is 0. The number of nitriles is 1. The summed E-state index contributed by atoms with van der Waals surface area (Å²) in [5.74, 6) is 0.151. The zero-order valence-electron chi connectivity index (χ0n) is 29.8. The van der Waals surface area contributed by atoms with Gasteiger partial charge in [-0.15, -0.1) is 0 Å². The monoisotopic (exact) mass is 703 g/mol. The van der Waals surface area contributed by atoms with Crippen LogP contribution in [0.5, 0.6) is 11.5 Å². The van der Waals surface area contributed by atoms with Gasteiger partial charge >= 0.3 is 17.9 Å².